The Morgan fingerprint density at radius 1 is 1.56 bits per heavy atom. The maximum Gasteiger partial charge on any atom is 0.165 e. The fourth-order valence-corrected chi connectivity index (χ4v) is 0.528. The van der Waals surface area contributed by atoms with Crippen LogP contribution in [0.15, 0.2) is 24.3 Å². The maximum atomic E-state index is 12.7. The van der Waals surface area contributed by atoms with Gasteiger partial charge < -0.3 is 4.74 Å². The molecule has 1 nitrogen and oxygen atoms in total. The van der Waals surface area contributed by atoms with Crippen molar-refractivity contribution in [2.75, 3.05) is 7.04 Å². The van der Waals surface area contributed by atoms with E-state index in [2.05, 4.69) is 4.74 Å². The Hall–Kier alpha value is -1.05. The van der Waals surface area contributed by atoms with Crippen LogP contribution in [0.25, 0.3) is 0 Å². The van der Waals surface area contributed by atoms with Crippen LogP contribution >= 0.6 is 0 Å². The molecule has 0 fully saturated rings. The smallest absolute Gasteiger partial charge is 0.165 e. The SMILES string of the molecule is [2H]C([2H])([2H])Oc1ccccc1F. The monoisotopic (exact) mass is 129 g/mol. The van der Waals surface area contributed by atoms with Crippen LogP contribution in [0.1, 0.15) is 4.11 Å². The standard InChI is InChI=1S/C7H7FO/c1-9-7-5-3-2-4-6(7)8/h2-5H,1H3/i1D3. The van der Waals surface area contributed by atoms with E-state index in [0.29, 0.717) is 0 Å². The molecule has 0 aliphatic carbocycles. The molecule has 0 heterocycles. The molecule has 9 heavy (non-hydrogen) atoms. The third-order valence-corrected chi connectivity index (χ3v) is 0.947. The lowest BCUT2D eigenvalue weighted by atomic mass is 10.3. The molecular formula is C7H7FO. The third-order valence-electron chi connectivity index (χ3n) is 0.947. The van der Waals surface area contributed by atoms with Gasteiger partial charge in [0.15, 0.2) is 11.6 Å². The second-order valence-electron chi connectivity index (χ2n) is 1.53. The highest BCUT2D eigenvalue weighted by Gasteiger charge is 1.95. The first-order chi connectivity index (χ1) is 5.49. The van der Waals surface area contributed by atoms with Crippen LogP contribution in [0, 0.1) is 5.82 Å². The molecule has 0 spiro atoms. The Morgan fingerprint density at radius 2 is 2.33 bits per heavy atom. The van der Waals surface area contributed by atoms with Gasteiger partial charge in [0.05, 0.1) is 11.2 Å². The molecular weight excluding hydrogens is 119 g/mol. The lowest BCUT2D eigenvalue weighted by molar-refractivity contribution is 0.386. The first-order valence-corrected chi connectivity index (χ1v) is 2.42. The summed E-state index contributed by atoms with van der Waals surface area (Å²) in [5, 5.41) is 0. The molecule has 0 bridgehead atoms. The topological polar surface area (TPSA) is 9.23 Å². The van der Waals surface area contributed by atoms with Crippen molar-refractivity contribution >= 4 is 0 Å². The molecule has 1 rings (SSSR count). The number of ether oxygens (including phenoxy) is 1. The largest absolute Gasteiger partial charge is 0.494 e. The van der Waals surface area contributed by atoms with Crippen LogP contribution in [0.4, 0.5) is 4.39 Å². The van der Waals surface area contributed by atoms with E-state index in [0.717, 1.165) is 6.07 Å². The normalized spacial score (nSPS) is 15.4. The number of hydrogen-bond donors (Lipinski definition) is 0. The highest BCUT2D eigenvalue weighted by atomic mass is 19.1. The van der Waals surface area contributed by atoms with Crippen LogP contribution in [0.3, 0.4) is 0 Å². The van der Waals surface area contributed by atoms with Gasteiger partial charge in [-0.05, 0) is 12.1 Å². The van der Waals surface area contributed by atoms with Gasteiger partial charge in [0, 0.05) is 0 Å². The lowest BCUT2D eigenvalue weighted by Gasteiger charge is -1.97. The van der Waals surface area contributed by atoms with Crippen molar-refractivity contribution in [2.24, 2.45) is 0 Å². The minimum atomic E-state index is -2.60. The fraction of sp³-hybridized carbons (Fsp3) is 0.143. The average Bonchev–Trinajstić information content (AvgIpc) is 1.91. The quantitative estimate of drug-likeness (QED) is 0.562. The number of rotatable bonds is 1. The Morgan fingerprint density at radius 3 is 3.00 bits per heavy atom. The van der Waals surface area contributed by atoms with Gasteiger partial charge >= 0.3 is 0 Å². The first kappa shape index (κ1) is 3.20. The molecule has 0 saturated heterocycles. The van der Waals surface area contributed by atoms with Crippen LogP contribution in [0.5, 0.6) is 5.75 Å². The maximum absolute atomic E-state index is 12.7. The zero-order valence-corrected chi connectivity index (χ0v) is 4.60. The van der Waals surface area contributed by atoms with Gasteiger partial charge in [-0.1, -0.05) is 12.1 Å². The second-order valence-corrected chi connectivity index (χ2v) is 1.53. The van der Waals surface area contributed by atoms with Crippen molar-refractivity contribution in [3.63, 3.8) is 0 Å². The molecule has 1 aromatic rings. The minimum absolute atomic E-state index is 0.252. The minimum Gasteiger partial charge on any atom is -0.494 e. The molecule has 0 atom stereocenters. The highest BCUT2D eigenvalue weighted by molar-refractivity contribution is 5.23. The molecule has 0 unspecified atom stereocenters. The van der Waals surface area contributed by atoms with Crippen LogP contribution in [-0.4, -0.2) is 7.04 Å². The molecule has 2 heteroatoms. The van der Waals surface area contributed by atoms with E-state index >= 15 is 0 Å². The first-order valence-electron chi connectivity index (χ1n) is 3.92. The molecule has 0 aliphatic rings. The Bertz CT molecular complexity index is 272. The van der Waals surface area contributed by atoms with E-state index in [1.807, 2.05) is 0 Å². The molecule has 0 aliphatic heterocycles. The molecule has 1 aromatic carbocycles. The van der Waals surface area contributed by atoms with E-state index in [4.69, 9.17) is 4.11 Å². The molecule has 0 amide bonds. The fourth-order valence-electron chi connectivity index (χ4n) is 0.528. The van der Waals surface area contributed by atoms with Gasteiger partial charge in [0.1, 0.15) is 0 Å². The third kappa shape index (κ3) is 1.19. The number of hydrogen-bond acceptors (Lipinski definition) is 1. The Labute approximate surface area is 57.3 Å². The number of para-hydroxylation sites is 1. The second kappa shape index (κ2) is 2.49. The Balaban J connectivity index is 2.83. The summed E-state index contributed by atoms with van der Waals surface area (Å²) < 4.78 is 37.2. The lowest BCUT2D eigenvalue weighted by Crippen LogP contribution is -1.85. The van der Waals surface area contributed by atoms with Gasteiger partial charge in [-0.3, -0.25) is 0 Å². The predicted octanol–water partition coefficient (Wildman–Crippen LogP) is 1.83. The molecule has 0 saturated carbocycles. The van der Waals surface area contributed by atoms with E-state index < -0.39 is 12.9 Å². The summed E-state index contributed by atoms with van der Waals surface area (Å²) in [5.74, 6) is -0.925. The van der Waals surface area contributed by atoms with Crippen molar-refractivity contribution in [2.45, 2.75) is 0 Å². The van der Waals surface area contributed by atoms with Crippen LogP contribution in [0.2, 0.25) is 0 Å². The summed E-state index contributed by atoms with van der Waals surface area (Å²) in [5.41, 5.74) is 0. The average molecular weight is 129 g/mol. The van der Waals surface area contributed by atoms with Crippen molar-refractivity contribution < 1.29 is 13.2 Å². The molecule has 0 radical (unpaired) electrons. The number of halogens is 1. The van der Waals surface area contributed by atoms with E-state index in [1.54, 1.807) is 0 Å². The van der Waals surface area contributed by atoms with E-state index in [-0.39, 0.29) is 5.75 Å². The molecule has 0 N–H and O–H groups in total. The summed E-state index contributed by atoms with van der Waals surface area (Å²) in [7, 11) is -2.60. The van der Waals surface area contributed by atoms with Gasteiger partial charge in [-0.25, -0.2) is 4.39 Å². The number of methoxy groups -OCH3 is 1. The van der Waals surface area contributed by atoms with Crippen molar-refractivity contribution in [3.8, 4) is 5.75 Å². The van der Waals surface area contributed by atoms with Crippen LogP contribution in [-0.2, 0) is 0 Å². The van der Waals surface area contributed by atoms with Crippen molar-refractivity contribution in [1.82, 2.24) is 0 Å². The van der Waals surface area contributed by atoms with Gasteiger partial charge in [-0.15, -0.1) is 0 Å². The summed E-state index contributed by atoms with van der Waals surface area (Å²) in [6.07, 6.45) is 0. The van der Waals surface area contributed by atoms with Crippen LogP contribution < -0.4 is 4.74 Å². The predicted molar refractivity (Wildman–Crippen MR) is 33.0 cm³/mol. The van der Waals surface area contributed by atoms with E-state index in [1.165, 1.54) is 18.2 Å². The zero-order chi connectivity index (χ0) is 9.19. The van der Waals surface area contributed by atoms with Gasteiger partial charge in [0.2, 0.25) is 0 Å². The molecule has 48 valence electrons. The van der Waals surface area contributed by atoms with Gasteiger partial charge in [0.25, 0.3) is 0 Å². The van der Waals surface area contributed by atoms with Crippen molar-refractivity contribution in [3.05, 3.63) is 30.1 Å². The molecule has 0 aromatic heterocycles. The summed E-state index contributed by atoms with van der Waals surface area (Å²) in [4.78, 5) is 0. The summed E-state index contributed by atoms with van der Waals surface area (Å²) in [6.45, 7) is 0. The van der Waals surface area contributed by atoms with Crippen molar-refractivity contribution in [1.29, 1.82) is 0 Å². The summed E-state index contributed by atoms with van der Waals surface area (Å²) in [6, 6.07) is 5.37. The van der Waals surface area contributed by atoms with Gasteiger partial charge in [-0.2, -0.15) is 0 Å². The van der Waals surface area contributed by atoms with E-state index in [9.17, 15) is 4.39 Å². The summed E-state index contributed by atoms with van der Waals surface area (Å²) >= 11 is 0. The Kier molecular flexibility index (Phi) is 0.884. The number of benzene rings is 1. The highest BCUT2D eigenvalue weighted by Crippen LogP contribution is 2.13. The zero-order valence-electron chi connectivity index (χ0n) is 7.60.